The van der Waals surface area contributed by atoms with Crippen LogP contribution in [-0.4, -0.2) is 21.4 Å². The molecule has 0 fully saturated rings. The van der Waals surface area contributed by atoms with Gasteiger partial charge in [-0.2, -0.15) is 0 Å². The minimum atomic E-state index is 0. The average molecular weight is 591 g/mol. The second-order valence-corrected chi connectivity index (χ2v) is 9.79. The van der Waals surface area contributed by atoms with Crippen molar-refractivity contribution in [2.45, 2.75) is 0 Å². The molecule has 0 spiro atoms. The van der Waals surface area contributed by atoms with Gasteiger partial charge in [0.25, 0.3) is 0 Å². The van der Waals surface area contributed by atoms with Gasteiger partial charge >= 0.3 is 27.3 Å². The molecule has 0 unspecified atom stereocenters. The van der Waals surface area contributed by atoms with Crippen molar-refractivity contribution >= 4 is 29.1 Å². The maximum absolute atomic E-state index is 4.62. The Bertz CT molecular complexity index is 1860. The molecule has 186 valence electrons. The first kappa shape index (κ1) is 23.9. The van der Waals surface area contributed by atoms with Gasteiger partial charge in [-0.1, -0.05) is 105 Å². The molecule has 0 bridgehead atoms. The molecule has 0 radical (unpaired) electrons. The van der Waals surface area contributed by atoms with E-state index in [1.807, 2.05) is 48.4 Å². The first-order valence-electron chi connectivity index (χ1n) is 12.8. The standard InChI is InChI=1S/C33H21BN4.Pd/c1-37-19-18-36-33(37)23-14-16-27-25-9-3-5-11-29(25)34-28-10-4-2-8-24(28)26-15-13-22(30-12-6-7-17-35-30)20-31(26)38(34)32(27)21-23;/h2-19H,1H3;/q-2;+2. The number of hydrogen-bond acceptors (Lipinski definition) is 3. The van der Waals surface area contributed by atoms with Crippen molar-refractivity contribution in [3.05, 3.63) is 122 Å². The zero-order chi connectivity index (χ0) is 25.2. The van der Waals surface area contributed by atoms with Crippen LogP contribution in [0, 0.1) is 12.1 Å². The molecule has 4 aromatic carbocycles. The van der Waals surface area contributed by atoms with E-state index in [4.69, 9.17) is 0 Å². The molecule has 0 atom stereocenters. The molecule has 8 rings (SSSR count). The van der Waals surface area contributed by atoms with Crippen LogP contribution in [0.5, 0.6) is 0 Å². The number of pyridine rings is 1. The number of benzene rings is 4. The molecule has 0 aliphatic carbocycles. The molecule has 4 heterocycles. The third kappa shape index (κ3) is 3.57. The molecular formula is C33H21BN4Pd. The van der Waals surface area contributed by atoms with Gasteiger partial charge in [0, 0.05) is 25.6 Å². The van der Waals surface area contributed by atoms with Gasteiger partial charge in [-0.15, -0.1) is 47.5 Å². The molecule has 39 heavy (non-hydrogen) atoms. The third-order valence-electron chi connectivity index (χ3n) is 7.68. The van der Waals surface area contributed by atoms with E-state index < -0.39 is 0 Å². The SMILES string of the molecule is Cn1ccnc1-c1[c-]c2c(cc1)-c1ccccc1B1c3ccccc3-c3ccc(-c4ccccn4)[c-]c3N12.[Pd+2]. The van der Waals surface area contributed by atoms with E-state index in [1.54, 1.807) is 0 Å². The van der Waals surface area contributed by atoms with Crippen molar-refractivity contribution in [1.29, 1.82) is 0 Å². The van der Waals surface area contributed by atoms with Crippen molar-refractivity contribution in [2.75, 3.05) is 4.81 Å². The number of aromatic nitrogens is 3. The number of fused-ring (bicyclic) bond motifs is 11. The van der Waals surface area contributed by atoms with Gasteiger partial charge in [0.1, 0.15) is 0 Å². The Morgan fingerprint density at radius 2 is 1.23 bits per heavy atom. The van der Waals surface area contributed by atoms with Gasteiger partial charge in [-0.3, -0.25) is 4.98 Å². The Morgan fingerprint density at radius 3 is 1.85 bits per heavy atom. The fraction of sp³-hybridized carbons (Fsp3) is 0.0303. The van der Waals surface area contributed by atoms with Crippen LogP contribution in [0.3, 0.4) is 0 Å². The molecule has 0 saturated carbocycles. The van der Waals surface area contributed by atoms with Crippen molar-refractivity contribution in [3.63, 3.8) is 0 Å². The molecule has 6 heteroatoms. The quantitative estimate of drug-likeness (QED) is 0.193. The Balaban J connectivity index is 0.00000253. The predicted molar refractivity (Wildman–Crippen MR) is 154 cm³/mol. The summed E-state index contributed by atoms with van der Waals surface area (Å²) in [5.41, 5.74) is 12.3. The average Bonchev–Trinajstić information content (AvgIpc) is 3.42. The normalized spacial score (nSPS) is 12.4. The molecule has 2 aliphatic heterocycles. The van der Waals surface area contributed by atoms with Crippen molar-refractivity contribution < 1.29 is 20.4 Å². The second-order valence-electron chi connectivity index (χ2n) is 9.79. The maximum atomic E-state index is 4.62. The Morgan fingerprint density at radius 1 is 0.615 bits per heavy atom. The van der Waals surface area contributed by atoms with E-state index >= 15 is 0 Å². The first-order chi connectivity index (χ1) is 18.8. The number of anilines is 2. The number of hydrogen-bond donors (Lipinski definition) is 0. The molecular weight excluding hydrogens is 570 g/mol. The topological polar surface area (TPSA) is 34.0 Å². The van der Waals surface area contributed by atoms with E-state index in [0.717, 1.165) is 45.1 Å². The molecule has 0 N–H and O–H groups in total. The third-order valence-corrected chi connectivity index (χ3v) is 7.68. The van der Waals surface area contributed by atoms with Crippen LogP contribution >= 0.6 is 0 Å². The number of imidazole rings is 1. The van der Waals surface area contributed by atoms with Crippen LogP contribution in [0.1, 0.15) is 0 Å². The summed E-state index contributed by atoms with van der Waals surface area (Å²) in [5.74, 6) is 0.895. The van der Waals surface area contributed by atoms with Crippen molar-refractivity contribution in [1.82, 2.24) is 14.5 Å². The van der Waals surface area contributed by atoms with Crippen LogP contribution in [0.2, 0.25) is 0 Å². The van der Waals surface area contributed by atoms with E-state index in [9.17, 15) is 0 Å². The van der Waals surface area contributed by atoms with Gasteiger partial charge in [0.15, 0.2) is 0 Å². The largest absolute Gasteiger partial charge is 2.00 e. The fourth-order valence-corrected chi connectivity index (χ4v) is 5.98. The van der Waals surface area contributed by atoms with Gasteiger partial charge in [0.2, 0.25) is 0 Å². The summed E-state index contributed by atoms with van der Waals surface area (Å²) < 4.78 is 2.04. The second kappa shape index (κ2) is 9.20. The Kier molecular flexibility index (Phi) is 5.63. The fourth-order valence-electron chi connectivity index (χ4n) is 5.98. The van der Waals surface area contributed by atoms with Gasteiger partial charge in [-0.25, -0.2) is 0 Å². The summed E-state index contributed by atoms with van der Waals surface area (Å²) >= 11 is 0. The minimum Gasteiger partial charge on any atom is -0.407 e. The van der Waals surface area contributed by atoms with Crippen LogP contribution in [0.4, 0.5) is 11.4 Å². The van der Waals surface area contributed by atoms with Crippen molar-refractivity contribution in [2.24, 2.45) is 7.05 Å². The van der Waals surface area contributed by atoms with Gasteiger partial charge in [-0.05, 0) is 11.8 Å². The number of nitrogens with zero attached hydrogens (tertiary/aromatic N) is 4. The number of aryl methyl sites for hydroxylation is 1. The summed E-state index contributed by atoms with van der Waals surface area (Å²) in [6.45, 7) is 0.00510. The van der Waals surface area contributed by atoms with E-state index in [0.29, 0.717) is 0 Å². The minimum absolute atomic E-state index is 0. The summed E-state index contributed by atoms with van der Waals surface area (Å²) in [6, 6.07) is 39.8. The molecule has 4 nitrogen and oxygen atoms in total. The van der Waals surface area contributed by atoms with Crippen LogP contribution in [-0.2, 0) is 27.5 Å². The van der Waals surface area contributed by atoms with Crippen LogP contribution in [0.25, 0.3) is 44.9 Å². The predicted octanol–water partition coefficient (Wildman–Crippen LogP) is 5.65. The van der Waals surface area contributed by atoms with E-state index in [1.165, 1.54) is 22.1 Å². The molecule has 6 aromatic rings. The smallest absolute Gasteiger partial charge is 0.407 e. The zero-order valence-corrected chi connectivity index (χ0v) is 22.6. The monoisotopic (exact) mass is 590 g/mol. The molecule has 0 saturated heterocycles. The zero-order valence-electron chi connectivity index (χ0n) is 21.1. The van der Waals surface area contributed by atoms with Crippen molar-refractivity contribution in [3.8, 4) is 44.9 Å². The summed E-state index contributed by atoms with van der Waals surface area (Å²) in [4.78, 5) is 11.7. The molecule has 2 aromatic heterocycles. The van der Waals surface area contributed by atoms with Crippen LogP contribution in [0.15, 0.2) is 110 Å². The Hall–Kier alpha value is -4.23. The van der Waals surface area contributed by atoms with Gasteiger partial charge < -0.3 is 14.4 Å². The molecule has 0 amide bonds. The first-order valence-corrected chi connectivity index (χ1v) is 12.8. The van der Waals surface area contributed by atoms with E-state index in [-0.39, 0.29) is 27.3 Å². The maximum Gasteiger partial charge on any atom is 2.00 e. The molecule has 2 aliphatic rings. The van der Waals surface area contributed by atoms with E-state index in [2.05, 4.69) is 99.7 Å². The number of rotatable bonds is 2. The summed E-state index contributed by atoms with van der Waals surface area (Å²) in [6.07, 6.45) is 5.64. The summed E-state index contributed by atoms with van der Waals surface area (Å²) in [7, 11) is 2.02. The summed E-state index contributed by atoms with van der Waals surface area (Å²) in [5, 5.41) is 0. The Labute approximate surface area is 241 Å². The van der Waals surface area contributed by atoms with Gasteiger partial charge in [0.05, 0.1) is 5.82 Å². The van der Waals surface area contributed by atoms with Crippen LogP contribution < -0.4 is 15.7 Å².